The van der Waals surface area contributed by atoms with Crippen LogP contribution in [0.3, 0.4) is 0 Å². The highest BCUT2D eigenvalue weighted by atomic mass is 16.4. The number of hydrogen-bond acceptors (Lipinski definition) is 3. The molecule has 0 saturated carbocycles. The minimum Gasteiger partial charge on any atom is -0.481 e. The highest BCUT2D eigenvalue weighted by Gasteiger charge is 2.27. The van der Waals surface area contributed by atoms with Gasteiger partial charge in [-0.2, -0.15) is 0 Å². The first kappa shape index (κ1) is 16.5. The van der Waals surface area contributed by atoms with Gasteiger partial charge in [0.25, 0.3) is 0 Å². The van der Waals surface area contributed by atoms with Crippen LogP contribution in [0.1, 0.15) is 39.5 Å². The van der Waals surface area contributed by atoms with Crippen molar-refractivity contribution in [1.29, 1.82) is 0 Å². The predicted molar refractivity (Wildman–Crippen MR) is 74.0 cm³/mol. The molecule has 0 aromatic heterocycles. The number of carbonyl (C=O) groups excluding carboxylic acids is 2. The first-order chi connectivity index (χ1) is 9.43. The van der Waals surface area contributed by atoms with Crippen LogP contribution < -0.4 is 5.32 Å². The van der Waals surface area contributed by atoms with E-state index in [-0.39, 0.29) is 30.1 Å². The van der Waals surface area contributed by atoms with E-state index in [0.717, 1.165) is 25.8 Å². The fraction of sp³-hybridized carbons (Fsp3) is 0.786. The zero-order valence-corrected chi connectivity index (χ0v) is 12.2. The van der Waals surface area contributed by atoms with E-state index in [2.05, 4.69) is 5.32 Å². The number of nitrogens with zero attached hydrogens (tertiary/aromatic N) is 1. The molecular formula is C14H24N2O4. The molecule has 1 fully saturated rings. The van der Waals surface area contributed by atoms with Crippen LogP contribution in [0, 0.1) is 11.8 Å². The second-order valence-corrected chi connectivity index (χ2v) is 5.42. The second kappa shape index (κ2) is 7.87. The van der Waals surface area contributed by atoms with Crippen LogP contribution in [0.25, 0.3) is 0 Å². The minimum atomic E-state index is -0.841. The SMILES string of the molecule is CCC(CNC(=O)C1CCCN(C(C)=O)C1)CC(=O)O. The Labute approximate surface area is 119 Å². The first-order valence-corrected chi connectivity index (χ1v) is 7.19. The molecule has 20 heavy (non-hydrogen) atoms. The Morgan fingerprint density at radius 3 is 2.65 bits per heavy atom. The number of piperidine rings is 1. The minimum absolute atomic E-state index is 0.000174. The summed E-state index contributed by atoms with van der Waals surface area (Å²) in [6.45, 7) is 5.00. The van der Waals surface area contributed by atoms with E-state index in [0.29, 0.717) is 13.1 Å². The monoisotopic (exact) mass is 284 g/mol. The summed E-state index contributed by atoms with van der Waals surface area (Å²) in [6.07, 6.45) is 2.41. The van der Waals surface area contributed by atoms with Crippen molar-refractivity contribution in [3.8, 4) is 0 Å². The molecule has 1 aliphatic heterocycles. The van der Waals surface area contributed by atoms with Crippen molar-refractivity contribution in [2.24, 2.45) is 11.8 Å². The lowest BCUT2D eigenvalue weighted by molar-refractivity contribution is -0.139. The van der Waals surface area contributed by atoms with Gasteiger partial charge in [-0.05, 0) is 18.8 Å². The molecule has 2 N–H and O–H groups in total. The van der Waals surface area contributed by atoms with Gasteiger partial charge in [0, 0.05) is 33.0 Å². The number of carbonyl (C=O) groups is 3. The number of aliphatic carboxylic acids is 1. The smallest absolute Gasteiger partial charge is 0.303 e. The lowest BCUT2D eigenvalue weighted by Crippen LogP contribution is -2.45. The van der Waals surface area contributed by atoms with Crippen LogP contribution in [-0.4, -0.2) is 47.4 Å². The maximum Gasteiger partial charge on any atom is 0.303 e. The van der Waals surface area contributed by atoms with E-state index in [1.165, 1.54) is 6.92 Å². The average Bonchev–Trinajstić information content (AvgIpc) is 2.42. The van der Waals surface area contributed by atoms with Crippen molar-refractivity contribution in [2.45, 2.75) is 39.5 Å². The molecule has 6 nitrogen and oxygen atoms in total. The third kappa shape index (κ3) is 5.19. The van der Waals surface area contributed by atoms with Crippen LogP contribution in [0.5, 0.6) is 0 Å². The Hall–Kier alpha value is -1.59. The number of rotatable bonds is 6. The zero-order valence-electron chi connectivity index (χ0n) is 12.2. The molecule has 0 aromatic carbocycles. The normalized spacial score (nSPS) is 20.3. The molecule has 114 valence electrons. The van der Waals surface area contributed by atoms with Crippen molar-refractivity contribution < 1.29 is 19.5 Å². The summed E-state index contributed by atoms with van der Waals surface area (Å²) in [6, 6.07) is 0. The molecule has 1 heterocycles. The number of amides is 2. The highest BCUT2D eigenvalue weighted by Crippen LogP contribution is 2.17. The zero-order chi connectivity index (χ0) is 15.1. The Kier molecular flexibility index (Phi) is 6.48. The van der Waals surface area contributed by atoms with E-state index < -0.39 is 5.97 Å². The van der Waals surface area contributed by atoms with E-state index in [9.17, 15) is 14.4 Å². The largest absolute Gasteiger partial charge is 0.481 e. The third-order valence-corrected chi connectivity index (χ3v) is 3.84. The van der Waals surface area contributed by atoms with Gasteiger partial charge in [0.2, 0.25) is 11.8 Å². The van der Waals surface area contributed by atoms with Crippen LogP contribution in [0.4, 0.5) is 0 Å². The van der Waals surface area contributed by atoms with E-state index in [4.69, 9.17) is 5.11 Å². The number of hydrogen-bond donors (Lipinski definition) is 2. The highest BCUT2D eigenvalue weighted by molar-refractivity contribution is 5.80. The summed E-state index contributed by atoms with van der Waals surface area (Å²) < 4.78 is 0. The summed E-state index contributed by atoms with van der Waals surface area (Å²) >= 11 is 0. The van der Waals surface area contributed by atoms with Crippen molar-refractivity contribution >= 4 is 17.8 Å². The van der Waals surface area contributed by atoms with Gasteiger partial charge < -0.3 is 15.3 Å². The summed E-state index contributed by atoms with van der Waals surface area (Å²) in [7, 11) is 0. The fourth-order valence-corrected chi connectivity index (χ4v) is 2.47. The van der Waals surface area contributed by atoms with E-state index >= 15 is 0 Å². The van der Waals surface area contributed by atoms with Gasteiger partial charge in [-0.25, -0.2) is 0 Å². The second-order valence-electron chi connectivity index (χ2n) is 5.42. The maximum atomic E-state index is 12.1. The fourth-order valence-electron chi connectivity index (χ4n) is 2.47. The standard InChI is InChI=1S/C14H24N2O4/c1-3-11(7-13(18)19)8-15-14(20)12-5-4-6-16(9-12)10(2)17/h11-12H,3-9H2,1-2H3,(H,15,20)(H,18,19). The summed E-state index contributed by atoms with van der Waals surface area (Å²) in [5.41, 5.74) is 0. The Morgan fingerprint density at radius 2 is 2.10 bits per heavy atom. The van der Waals surface area contributed by atoms with Crippen molar-refractivity contribution in [1.82, 2.24) is 10.2 Å². The van der Waals surface area contributed by atoms with E-state index in [1.54, 1.807) is 4.90 Å². The number of likely N-dealkylation sites (tertiary alicyclic amines) is 1. The van der Waals surface area contributed by atoms with Gasteiger partial charge in [0.05, 0.1) is 5.92 Å². The van der Waals surface area contributed by atoms with Crippen LogP contribution in [0.2, 0.25) is 0 Å². The summed E-state index contributed by atoms with van der Waals surface area (Å²) in [5.74, 6) is -1.12. The molecule has 0 radical (unpaired) electrons. The van der Waals surface area contributed by atoms with Crippen LogP contribution in [0.15, 0.2) is 0 Å². The Balaban J connectivity index is 2.41. The Morgan fingerprint density at radius 1 is 1.40 bits per heavy atom. The quantitative estimate of drug-likeness (QED) is 0.757. The molecule has 0 spiro atoms. The predicted octanol–water partition coefficient (Wildman–Crippen LogP) is 0.862. The summed E-state index contributed by atoms with van der Waals surface area (Å²) in [5, 5.41) is 11.6. The maximum absolute atomic E-state index is 12.1. The molecule has 0 aliphatic carbocycles. The topological polar surface area (TPSA) is 86.7 Å². The number of nitrogens with one attached hydrogen (secondary N) is 1. The van der Waals surface area contributed by atoms with Gasteiger partial charge in [-0.15, -0.1) is 0 Å². The molecule has 1 rings (SSSR count). The van der Waals surface area contributed by atoms with Crippen molar-refractivity contribution in [2.75, 3.05) is 19.6 Å². The molecule has 1 aliphatic rings. The van der Waals surface area contributed by atoms with Crippen molar-refractivity contribution in [3.63, 3.8) is 0 Å². The summed E-state index contributed by atoms with van der Waals surface area (Å²) in [4.78, 5) is 35.8. The Bertz CT molecular complexity index is 370. The van der Waals surface area contributed by atoms with E-state index in [1.807, 2.05) is 6.92 Å². The van der Waals surface area contributed by atoms with Crippen LogP contribution in [-0.2, 0) is 14.4 Å². The number of carboxylic acids is 1. The molecule has 6 heteroatoms. The molecule has 2 unspecified atom stereocenters. The lowest BCUT2D eigenvalue weighted by Gasteiger charge is -2.31. The molecular weight excluding hydrogens is 260 g/mol. The molecule has 0 bridgehead atoms. The third-order valence-electron chi connectivity index (χ3n) is 3.84. The molecule has 1 saturated heterocycles. The van der Waals surface area contributed by atoms with Gasteiger partial charge in [0.15, 0.2) is 0 Å². The van der Waals surface area contributed by atoms with Gasteiger partial charge >= 0.3 is 5.97 Å². The number of carboxylic acid groups (broad SMARTS) is 1. The van der Waals surface area contributed by atoms with Gasteiger partial charge in [-0.3, -0.25) is 14.4 Å². The molecule has 2 atom stereocenters. The van der Waals surface area contributed by atoms with Crippen LogP contribution >= 0.6 is 0 Å². The first-order valence-electron chi connectivity index (χ1n) is 7.19. The molecule has 2 amide bonds. The van der Waals surface area contributed by atoms with Gasteiger partial charge in [-0.1, -0.05) is 13.3 Å². The lowest BCUT2D eigenvalue weighted by atomic mass is 9.96. The van der Waals surface area contributed by atoms with Crippen molar-refractivity contribution in [3.05, 3.63) is 0 Å². The average molecular weight is 284 g/mol. The molecule has 0 aromatic rings. The van der Waals surface area contributed by atoms with Gasteiger partial charge in [0.1, 0.15) is 0 Å².